The van der Waals surface area contributed by atoms with Gasteiger partial charge in [-0.15, -0.1) is 12.4 Å². The van der Waals surface area contributed by atoms with E-state index in [0.717, 1.165) is 22.3 Å². The Balaban J connectivity index is 0.00000144. The zero-order chi connectivity index (χ0) is 11.7. The van der Waals surface area contributed by atoms with Gasteiger partial charge in [0.25, 0.3) is 0 Å². The summed E-state index contributed by atoms with van der Waals surface area (Å²) in [7, 11) is 0. The molecule has 1 heterocycles. The van der Waals surface area contributed by atoms with Crippen molar-refractivity contribution in [3.63, 3.8) is 0 Å². The molecule has 1 aliphatic rings. The Hall–Kier alpha value is -0.490. The number of hydrogen-bond acceptors (Lipinski definition) is 3. The average molecular weight is 367 g/mol. The molecule has 17 heavy (non-hydrogen) atoms. The summed E-state index contributed by atoms with van der Waals surface area (Å²) in [5.74, 6) is 0.825. The summed E-state index contributed by atoms with van der Waals surface area (Å²) in [5, 5.41) is 10.1. The molecule has 0 radical (unpaired) electrons. The number of rotatable bonds is 2. The number of anilines is 1. The number of aromatic hydroxyl groups is 1. The number of phenolic OH excluding ortho intramolecular Hbond substituents is 1. The van der Waals surface area contributed by atoms with Gasteiger partial charge in [-0.3, -0.25) is 4.99 Å². The maximum atomic E-state index is 10.1. The van der Waals surface area contributed by atoms with Crippen molar-refractivity contribution in [1.29, 1.82) is 0 Å². The summed E-state index contributed by atoms with van der Waals surface area (Å²) in [6.07, 6.45) is 1.80. The maximum Gasteiger partial charge on any atom is 0.152 e. The van der Waals surface area contributed by atoms with Crippen LogP contribution in [0.5, 0.6) is 5.75 Å². The molecule has 94 valence electrons. The van der Waals surface area contributed by atoms with Crippen molar-refractivity contribution in [2.75, 3.05) is 18.0 Å². The summed E-state index contributed by atoms with van der Waals surface area (Å²) >= 11 is 2.17. The molecule has 0 aromatic heterocycles. The topological polar surface area (TPSA) is 35.8 Å². The fourth-order valence-corrected chi connectivity index (χ4v) is 2.36. The van der Waals surface area contributed by atoms with Gasteiger partial charge in [-0.05, 0) is 46.2 Å². The first-order valence-electron chi connectivity index (χ1n) is 5.38. The Morgan fingerprint density at radius 3 is 2.65 bits per heavy atom. The lowest BCUT2D eigenvalue weighted by atomic mass is 10.0. The Kier molecular flexibility index (Phi) is 5.06. The zero-order valence-corrected chi connectivity index (χ0v) is 12.8. The van der Waals surface area contributed by atoms with E-state index < -0.39 is 0 Å². The molecule has 0 unspecified atom stereocenters. The van der Waals surface area contributed by atoms with Crippen LogP contribution in [-0.4, -0.2) is 24.5 Å². The van der Waals surface area contributed by atoms with E-state index in [-0.39, 0.29) is 12.4 Å². The lowest BCUT2D eigenvalue weighted by Crippen LogP contribution is -2.18. The number of halogens is 2. The minimum atomic E-state index is 0. The number of nitrogens with zero attached hydrogens (tertiary/aromatic N) is 2. The fourth-order valence-electron chi connectivity index (χ4n) is 1.72. The van der Waals surface area contributed by atoms with E-state index in [1.54, 1.807) is 6.34 Å². The highest BCUT2D eigenvalue weighted by Crippen LogP contribution is 2.35. The van der Waals surface area contributed by atoms with E-state index in [9.17, 15) is 5.11 Å². The lowest BCUT2D eigenvalue weighted by Gasteiger charge is -2.19. The van der Waals surface area contributed by atoms with E-state index in [4.69, 9.17) is 0 Å². The first-order chi connectivity index (χ1) is 7.59. The molecule has 1 N–H and O–H groups in total. The first kappa shape index (κ1) is 14.6. The lowest BCUT2D eigenvalue weighted by molar-refractivity contribution is 0.472. The average Bonchev–Trinajstić information content (AvgIpc) is 2.74. The van der Waals surface area contributed by atoms with Crippen LogP contribution in [0.4, 0.5) is 5.69 Å². The van der Waals surface area contributed by atoms with E-state index >= 15 is 0 Å². The van der Waals surface area contributed by atoms with Crippen LogP contribution in [0.1, 0.15) is 25.3 Å². The second-order valence-corrected chi connectivity index (χ2v) is 5.40. The standard InChI is InChI=1S/C12H15IN2O.ClH/c1-8(2)9-5-10(13)12(16)11(6-9)15-4-3-14-7-15;/h5-8,16H,3-4H2,1-2H3;1H. The highest BCUT2D eigenvalue weighted by molar-refractivity contribution is 14.1. The van der Waals surface area contributed by atoms with Gasteiger partial charge in [0.1, 0.15) is 0 Å². The SMILES string of the molecule is CC(C)c1cc(I)c(O)c(N2C=NCC2)c1.Cl. The number of hydrogen-bond donors (Lipinski definition) is 1. The van der Waals surface area contributed by atoms with Gasteiger partial charge in [-0.25, -0.2) is 0 Å². The maximum absolute atomic E-state index is 10.1. The molecular weight excluding hydrogens is 351 g/mol. The minimum absolute atomic E-state index is 0. The zero-order valence-electron chi connectivity index (χ0n) is 9.85. The third kappa shape index (κ3) is 3.04. The first-order valence-corrected chi connectivity index (χ1v) is 6.46. The third-order valence-corrected chi connectivity index (χ3v) is 3.56. The van der Waals surface area contributed by atoms with Gasteiger partial charge in [0, 0.05) is 6.54 Å². The summed E-state index contributed by atoms with van der Waals surface area (Å²) in [6, 6.07) is 4.09. The van der Waals surface area contributed by atoms with Crippen LogP contribution in [0.25, 0.3) is 0 Å². The molecule has 0 amide bonds. The number of aliphatic imine (C=N–C) groups is 1. The van der Waals surface area contributed by atoms with E-state index in [2.05, 4.69) is 47.5 Å². The summed E-state index contributed by atoms with van der Waals surface area (Å²) in [6.45, 7) is 5.97. The molecule has 0 aliphatic carbocycles. The van der Waals surface area contributed by atoms with Crippen molar-refractivity contribution in [3.05, 3.63) is 21.3 Å². The quantitative estimate of drug-likeness (QED) is 0.815. The molecule has 1 aromatic rings. The number of phenols is 1. The molecule has 1 aliphatic heterocycles. The number of benzene rings is 1. The molecule has 0 atom stereocenters. The summed E-state index contributed by atoms with van der Waals surface area (Å²) < 4.78 is 0.902. The second kappa shape index (κ2) is 5.91. The van der Waals surface area contributed by atoms with Gasteiger partial charge in [0.2, 0.25) is 0 Å². The van der Waals surface area contributed by atoms with Gasteiger partial charge in [-0.2, -0.15) is 0 Å². The highest BCUT2D eigenvalue weighted by Gasteiger charge is 2.16. The Morgan fingerprint density at radius 2 is 2.12 bits per heavy atom. The van der Waals surface area contributed by atoms with Gasteiger partial charge >= 0.3 is 0 Å². The van der Waals surface area contributed by atoms with Gasteiger partial charge < -0.3 is 10.0 Å². The van der Waals surface area contributed by atoms with E-state index in [0.29, 0.717) is 11.7 Å². The van der Waals surface area contributed by atoms with Gasteiger partial charge in [0.05, 0.1) is 22.1 Å². The molecular formula is C12H16ClIN2O. The van der Waals surface area contributed by atoms with Crippen LogP contribution in [0.3, 0.4) is 0 Å². The molecule has 0 fully saturated rings. The highest BCUT2D eigenvalue weighted by atomic mass is 127. The van der Waals surface area contributed by atoms with Crippen molar-refractivity contribution in [2.24, 2.45) is 4.99 Å². The van der Waals surface area contributed by atoms with Crippen LogP contribution < -0.4 is 4.90 Å². The predicted octanol–water partition coefficient (Wildman–Crippen LogP) is 3.39. The molecule has 2 rings (SSSR count). The Labute approximate surface area is 121 Å². The summed E-state index contributed by atoms with van der Waals surface area (Å²) in [5.41, 5.74) is 2.12. The molecule has 0 bridgehead atoms. The minimum Gasteiger partial charge on any atom is -0.505 e. The van der Waals surface area contributed by atoms with Crippen LogP contribution in [0.2, 0.25) is 0 Å². The molecule has 3 nitrogen and oxygen atoms in total. The molecule has 0 spiro atoms. The van der Waals surface area contributed by atoms with Crippen molar-refractivity contribution in [3.8, 4) is 5.75 Å². The molecule has 0 saturated heterocycles. The van der Waals surface area contributed by atoms with Gasteiger partial charge in [0.15, 0.2) is 5.75 Å². The van der Waals surface area contributed by atoms with Crippen LogP contribution in [0, 0.1) is 3.57 Å². The monoisotopic (exact) mass is 366 g/mol. The molecule has 0 saturated carbocycles. The second-order valence-electron chi connectivity index (χ2n) is 4.24. The summed E-state index contributed by atoms with van der Waals surface area (Å²) in [4.78, 5) is 6.18. The van der Waals surface area contributed by atoms with Crippen LogP contribution >= 0.6 is 35.0 Å². The molecule has 5 heteroatoms. The normalized spacial score (nSPS) is 14.2. The van der Waals surface area contributed by atoms with E-state index in [1.807, 2.05) is 11.0 Å². The Bertz CT molecular complexity index is 435. The van der Waals surface area contributed by atoms with Crippen molar-refractivity contribution in [2.45, 2.75) is 19.8 Å². The van der Waals surface area contributed by atoms with Gasteiger partial charge in [-0.1, -0.05) is 13.8 Å². The largest absolute Gasteiger partial charge is 0.505 e. The molecule has 1 aromatic carbocycles. The van der Waals surface area contributed by atoms with Crippen LogP contribution in [0.15, 0.2) is 17.1 Å². The fraction of sp³-hybridized carbons (Fsp3) is 0.417. The predicted molar refractivity (Wildman–Crippen MR) is 82.9 cm³/mol. The van der Waals surface area contributed by atoms with Crippen molar-refractivity contribution >= 4 is 47.0 Å². The van der Waals surface area contributed by atoms with Crippen LogP contribution in [-0.2, 0) is 0 Å². The third-order valence-electron chi connectivity index (χ3n) is 2.73. The van der Waals surface area contributed by atoms with Crippen molar-refractivity contribution in [1.82, 2.24) is 0 Å². The van der Waals surface area contributed by atoms with Crippen molar-refractivity contribution < 1.29 is 5.11 Å². The Morgan fingerprint density at radius 1 is 1.41 bits per heavy atom. The smallest absolute Gasteiger partial charge is 0.152 e. The van der Waals surface area contributed by atoms with E-state index in [1.165, 1.54) is 5.56 Å².